The number of benzene rings is 2. The number of pyridine rings is 1. The van der Waals surface area contributed by atoms with Crippen molar-refractivity contribution in [3.05, 3.63) is 78.9 Å². The third kappa shape index (κ3) is 2.85. The van der Waals surface area contributed by atoms with Crippen LogP contribution in [0.15, 0.2) is 73.1 Å². The van der Waals surface area contributed by atoms with Crippen LogP contribution < -0.4 is 5.32 Å². The second-order valence-corrected chi connectivity index (χ2v) is 6.07. The predicted molar refractivity (Wildman–Crippen MR) is 103 cm³/mol. The van der Waals surface area contributed by atoms with E-state index in [-0.39, 0.29) is 0 Å². The van der Waals surface area contributed by atoms with E-state index >= 15 is 0 Å². The van der Waals surface area contributed by atoms with E-state index in [0.29, 0.717) is 18.1 Å². The number of aromatic nitrogens is 6. The Morgan fingerprint density at radius 2 is 1.70 bits per heavy atom. The second kappa shape index (κ2) is 6.45. The van der Waals surface area contributed by atoms with Crippen LogP contribution in [-0.4, -0.2) is 29.8 Å². The standard InChI is InChI=1S/C20H15N7/c1-2-6-14(7-3-1)18-12-23-20-25-24-19(27(20)26-18)13-22-17-10-11-21-16-9-5-4-8-15(16)17/h1-12H,13H2,(H,21,22). The Kier molecular flexibility index (Phi) is 3.68. The van der Waals surface area contributed by atoms with Crippen LogP contribution in [0.25, 0.3) is 27.9 Å². The van der Waals surface area contributed by atoms with Gasteiger partial charge in [-0.15, -0.1) is 10.2 Å². The molecule has 27 heavy (non-hydrogen) atoms. The summed E-state index contributed by atoms with van der Waals surface area (Å²) in [6.07, 6.45) is 3.51. The molecule has 0 aliphatic carbocycles. The maximum Gasteiger partial charge on any atom is 0.272 e. The SMILES string of the molecule is c1ccc(-c2cnc3nnc(CNc4ccnc5ccccc45)n3n2)cc1. The normalized spacial score (nSPS) is 11.1. The first-order valence-corrected chi connectivity index (χ1v) is 8.59. The number of para-hydroxylation sites is 1. The molecule has 130 valence electrons. The van der Waals surface area contributed by atoms with E-state index in [1.54, 1.807) is 16.9 Å². The Morgan fingerprint density at radius 1 is 0.852 bits per heavy atom. The Hall–Kier alpha value is -3.87. The van der Waals surface area contributed by atoms with Gasteiger partial charge in [0.2, 0.25) is 0 Å². The molecule has 5 rings (SSSR count). The molecule has 5 aromatic rings. The summed E-state index contributed by atoms with van der Waals surface area (Å²) in [7, 11) is 0. The molecule has 7 heteroatoms. The molecule has 0 unspecified atom stereocenters. The third-order valence-corrected chi connectivity index (χ3v) is 4.35. The van der Waals surface area contributed by atoms with Gasteiger partial charge in [-0.05, 0) is 12.1 Å². The molecule has 0 saturated heterocycles. The molecule has 0 radical (unpaired) electrons. The summed E-state index contributed by atoms with van der Waals surface area (Å²) in [5, 5.41) is 17.5. The molecule has 0 aliphatic rings. The summed E-state index contributed by atoms with van der Waals surface area (Å²) < 4.78 is 1.68. The van der Waals surface area contributed by atoms with Crippen molar-refractivity contribution in [2.45, 2.75) is 6.54 Å². The molecular weight excluding hydrogens is 338 g/mol. The monoisotopic (exact) mass is 353 g/mol. The Balaban J connectivity index is 1.48. The fourth-order valence-electron chi connectivity index (χ4n) is 3.01. The largest absolute Gasteiger partial charge is 0.377 e. The van der Waals surface area contributed by atoms with Crippen molar-refractivity contribution in [1.82, 2.24) is 29.8 Å². The molecule has 0 bridgehead atoms. The summed E-state index contributed by atoms with van der Waals surface area (Å²) in [4.78, 5) is 8.76. The zero-order chi connectivity index (χ0) is 18.1. The van der Waals surface area contributed by atoms with E-state index in [1.165, 1.54) is 0 Å². The zero-order valence-corrected chi connectivity index (χ0v) is 14.3. The number of anilines is 1. The fourth-order valence-corrected chi connectivity index (χ4v) is 3.01. The van der Waals surface area contributed by atoms with Gasteiger partial charge in [0.1, 0.15) is 5.69 Å². The summed E-state index contributed by atoms with van der Waals surface area (Å²) >= 11 is 0. The van der Waals surface area contributed by atoms with Gasteiger partial charge in [0.25, 0.3) is 5.78 Å². The first-order valence-electron chi connectivity index (χ1n) is 8.59. The first-order chi connectivity index (χ1) is 13.4. The number of nitrogens with one attached hydrogen (secondary N) is 1. The van der Waals surface area contributed by atoms with Gasteiger partial charge in [0.05, 0.1) is 18.3 Å². The third-order valence-electron chi connectivity index (χ3n) is 4.35. The molecule has 7 nitrogen and oxygen atoms in total. The van der Waals surface area contributed by atoms with Crippen LogP contribution >= 0.6 is 0 Å². The summed E-state index contributed by atoms with van der Waals surface area (Å²) in [5.74, 6) is 1.17. The van der Waals surface area contributed by atoms with E-state index in [9.17, 15) is 0 Å². The van der Waals surface area contributed by atoms with Crippen LogP contribution in [0.4, 0.5) is 5.69 Å². The number of rotatable bonds is 4. The maximum absolute atomic E-state index is 4.66. The van der Waals surface area contributed by atoms with Crippen LogP contribution in [0, 0.1) is 0 Å². The van der Waals surface area contributed by atoms with Crippen molar-refractivity contribution in [2.75, 3.05) is 5.32 Å². The average Bonchev–Trinajstić information content (AvgIpc) is 3.15. The molecule has 0 amide bonds. The lowest BCUT2D eigenvalue weighted by Gasteiger charge is -2.08. The van der Waals surface area contributed by atoms with Crippen molar-refractivity contribution < 1.29 is 0 Å². The van der Waals surface area contributed by atoms with E-state index in [0.717, 1.165) is 27.8 Å². The Morgan fingerprint density at radius 3 is 2.63 bits per heavy atom. The molecule has 0 aliphatic heterocycles. The van der Waals surface area contributed by atoms with Crippen LogP contribution in [0.1, 0.15) is 5.82 Å². The van der Waals surface area contributed by atoms with E-state index in [1.807, 2.05) is 60.7 Å². The number of fused-ring (bicyclic) bond motifs is 2. The Labute approximate surface area is 154 Å². The highest BCUT2D eigenvalue weighted by atomic mass is 15.4. The van der Waals surface area contributed by atoms with Gasteiger partial charge in [-0.25, -0.2) is 4.98 Å². The average molecular weight is 353 g/mol. The minimum absolute atomic E-state index is 0.474. The lowest BCUT2D eigenvalue weighted by atomic mass is 10.2. The predicted octanol–water partition coefficient (Wildman–Crippen LogP) is 3.35. The first kappa shape index (κ1) is 15.4. The number of hydrogen-bond acceptors (Lipinski definition) is 6. The van der Waals surface area contributed by atoms with Crippen LogP contribution in [0.2, 0.25) is 0 Å². The summed E-state index contributed by atoms with van der Waals surface area (Å²) in [6.45, 7) is 0.474. The maximum atomic E-state index is 4.66. The van der Waals surface area contributed by atoms with Gasteiger partial charge in [0.15, 0.2) is 5.82 Å². The van der Waals surface area contributed by atoms with Crippen molar-refractivity contribution in [1.29, 1.82) is 0 Å². The lowest BCUT2D eigenvalue weighted by Crippen LogP contribution is -2.07. The minimum Gasteiger partial charge on any atom is -0.377 e. The van der Waals surface area contributed by atoms with Gasteiger partial charge in [0, 0.05) is 22.8 Å². The van der Waals surface area contributed by atoms with Gasteiger partial charge >= 0.3 is 0 Å². The molecule has 0 spiro atoms. The molecular formula is C20H15N7. The van der Waals surface area contributed by atoms with Crippen LogP contribution in [0.3, 0.4) is 0 Å². The fraction of sp³-hybridized carbons (Fsp3) is 0.0500. The highest BCUT2D eigenvalue weighted by Crippen LogP contribution is 2.21. The number of hydrogen-bond donors (Lipinski definition) is 1. The van der Waals surface area contributed by atoms with Crippen molar-refractivity contribution in [3.63, 3.8) is 0 Å². The highest BCUT2D eigenvalue weighted by molar-refractivity contribution is 5.90. The lowest BCUT2D eigenvalue weighted by molar-refractivity contribution is 0.822. The summed E-state index contributed by atoms with van der Waals surface area (Å²) in [6, 6.07) is 19.9. The minimum atomic E-state index is 0.474. The molecule has 1 N–H and O–H groups in total. The molecule has 2 aromatic carbocycles. The van der Waals surface area contributed by atoms with Crippen LogP contribution in [0.5, 0.6) is 0 Å². The smallest absolute Gasteiger partial charge is 0.272 e. The highest BCUT2D eigenvalue weighted by Gasteiger charge is 2.10. The molecule has 3 heterocycles. The van der Waals surface area contributed by atoms with Gasteiger partial charge in [-0.2, -0.15) is 9.61 Å². The van der Waals surface area contributed by atoms with E-state index in [4.69, 9.17) is 0 Å². The number of nitrogens with zero attached hydrogens (tertiary/aromatic N) is 6. The van der Waals surface area contributed by atoms with Crippen molar-refractivity contribution in [2.24, 2.45) is 0 Å². The van der Waals surface area contributed by atoms with Crippen LogP contribution in [-0.2, 0) is 6.54 Å². The van der Waals surface area contributed by atoms with Gasteiger partial charge in [-0.3, -0.25) is 4.98 Å². The van der Waals surface area contributed by atoms with E-state index in [2.05, 4.69) is 30.6 Å². The molecule has 0 atom stereocenters. The second-order valence-electron chi connectivity index (χ2n) is 6.07. The van der Waals surface area contributed by atoms with Crippen molar-refractivity contribution >= 4 is 22.4 Å². The summed E-state index contributed by atoms with van der Waals surface area (Å²) in [5.41, 5.74) is 3.71. The quantitative estimate of drug-likeness (QED) is 0.534. The molecule has 0 fully saturated rings. The van der Waals surface area contributed by atoms with E-state index < -0.39 is 0 Å². The van der Waals surface area contributed by atoms with Crippen molar-refractivity contribution in [3.8, 4) is 11.3 Å². The Bertz CT molecular complexity index is 1230. The topological polar surface area (TPSA) is 80.9 Å². The molecule has 3 aromatic heterocycles. The van der Waals surface area contributed by atoms with Gasteiger partial charge in [-0.1, -0.05) is 48.5 Å². The zero-order valence-electron chi connectivity index (χ0n) is 14.3. The molecule has 0 saturated carbocycles. The van der Waals surface area contributed by atoms with Gasteiger partial charge < -0.3 is 5.32 Å².